The van der Waals surface area contributed by atoms with E-state index in [1.165, 1.54) is 11.8 Å². The first-order valence-electron chi connectivity index (χ1n) is 11.3. The van der Waals surface area contributed by atoms with Crippen molar-refractivity contribution in [2.45, 2.75) is 45.2 Å². The van der Waals surface area contributed by atoms with Crippen LogP contribution in [0.1, 0.15) is 44.2 Å². The van der Waals surface area contributed by atoms with Crippen molar-refractivity contribution in [1.29, 1.82) is 0 Å². The van der Waals surface area contributed by atoms with Crippen molar-refractivity contribution in [1.82, 2.24) is 10.6 Å². The quantitative estimate of drug-likeness (QED) is 0.491. The van der Waals surface area contributed by atoms with Crippen LogP contribution in [0.5, 0.6) is 0 Å². The lowest BCUT2D eigenvalue weighted by Gasteiger charge is -2.31. The Kier molecular flexibility index (Phi) is 8.25. The zero-order valence-corrected chi connectivity index (χ0v) is 20.8. The van der Waals surface area contributed by atoms with Crippen molar-refractivity contribution in [3.05, 3.63) is 59.7 Å². The molecule has 0 unspecified atom stereocenters. The first kappa shape index (κ1) is 25.6. The average Bonchev–Trinajstić information content (AvgIpc) is 3.11. The van der Waals surface area contributed by atoms with Gasteiger partial charge in [-0.15, -0.1) is 0 Å². The van der Waals surface area contributed by atoms with E-state index < -0.39 is 35.5 Å². The number of thioether (sulfide) groups is 1. The lowest BCUT2D eigenvalue weighted by atomic mass is 9.86. The fourth-order valence-electron chi connectivity index (χ4n) is 4.18. The Labute approximate surface area is 204 Å². The van der Waals surface area contributed by atoms with Crippen molar-refractivity contribution in [2.24, 2.45) is 5.41 Å². The van der Waals surface area contributed by atoms with Crippen LogP contribution in [0.15, 0.2) is 48.5 Å². The van der Waals surface area contributed by atoms with Gasteiger partial charge < -0.3 is 20.5 Å². The summed E-state index contributed by atoms with van der Waals surface area (Å²) in [5, 5.41) is 14.7. The maximum atomic E-state index is 12.9. The third-order valence-corrected chi connectivity index (χ3v) is 6.60. The average molecular weight is 485 g/mol. The molecule has 0 saturated heterocycles. The van der Waals surface area contributed by atoms with E-state index in [-0.39, 0.29) is 12.5 Å². The number of aliphatic carboxylic acids is 1. The number of nitrogens with one attached hydrogen (secondary N) is 2. The summed E-state index contributed by atoms with van der Waals surface area (Å²) in [5.74, 6) is -1.15. The normalized spacial score (nSPS) is 14.5. The van der Waals surface area contributed by atoms with E-state index in [4.69, 9.17) is 4.74 Å². The number of fused-ring (bicyclic) bond motifs is 3. The summed E-state index contributed by atoms with van der Waals surface area (Å²) in [6.07, 6.45) is 1.45. The van der Waals surface area contributed by atoms with Gasteiger partial charge in [0, 0.05) is 5.92 Å². The molecule has 0 aliphatic heterocycles. The molecule has 0 radical (unpaired) electrons. The second-order valence-corrected chi connectivity index (χ2v) is 10.4. The molecule has 3 N–H and O–H groups in total. The van der Waals surface area contributed by atoms with Gasteiger partial charge in [-0.1, -0.05) is 69.3 Å². The van der Waals surface area contributed by atoms with Gasteiger partial charge in [0.25, 0.3) is 0 Å². The van der Waals surface area contributed by atoms with Crippen LogP contribution in [0.2, 0.25) is 0 Å². The standard InChI is InChI=1S/C26H32N2O5S/c1-26(2,3)22(23(29)27-21(24(30)31)13-14-34-4)28-25(32)33-15-20-18-11-7-5-9-16(18)17-10-6-8-12-19(17)20/h5-12,20-22H,13-15H2,1-4H3,(H,27,29)(H,28,32)(H,30,31)/t21-,22-/m0/s1. The van der Waals surface area contributed by atoms with Crippen LogP contribution in [-0.2, 0) is 14.3 Å². The first-order chi connectivity index (χ1) is 16.1. The molecule has 34 heavy (non-hydrogen) atoms. The molecule has 2 aromatic carbocycles. The number of carboxylic acids is 1. The number of carboxylic acid groups (broad SMARTS) is 1. The fraction of sp³-hybridized carbons (Fsp3) is 0.423. The number of hydrogen-bond acceptors (Lipinski definition) is 5. The molecular weight excluding hydrogens is 452 g/mol. The van der Waals surface area contributed by atoms with Crippen LogP contribution in [0.4, 0.5) is 4.79 Å². The number of rotatable bonds is 9. The smallest absolute Gasteiger partial charge is 0.407 e. The van der Waals surface area contributed by atoms with Gasteiger partial charge in [-0.05, 0) is 46.1 Å². The summed E-state index contributed by atoms with van der Waals surface area (Å²) >= 11 is 1.50. The Morgan fingerprint density at radius 1 is 1.00 bits per heavy atom. The van der Waals surface area contributed by atoms with Crippen molar-refractivity contribution < 1.29 is 24.2 Å². The summed E-state index contributed by atoms with van der Waals surface area (Å²) in [4.78, 5) is 37.2. The molecule has 3 rings (SSSR count). The van der Waals surface area contributed by atoms with Gasteiger partial charge in [0.2, 0.25) is 5.91 Å². The molecule has 1 aliphatic rings. The maximum absolute atomic E-state index is 12.9. The first-order valence-corrected chi connectivity index (χ1v) is 12.7. The van der Waals surface area contributed by atoms with Crippen LogP contribution in [0, 0.1) is 5.41 Å². The highest BCUT2D eigenvalue weighted by molar-refractivity contribution is 7.98. The summed E-state index contributed by atoms with van der Waals surface area (Å²) in [5.41, 5.74) is 3.80. The van der Waals surface area contributed by atoms with Crippen LogP contribution < -0.4 is 10.6 Å². The van der Waals surface area contributed by atoms with Crippen molar-refractivity contribution in [3.8, 4) is 11.1 Å². The molecule has 0 bridgehead atoms. The van der Waals surface area contributed by atoms with Gasteiger partial charge in [-0.2, -0.15) is 11.8 Å². The van der Waals surface area contributed by atoms with Crippen molar-refractivity contribution in [3.63, 3.8) is 0 Å². The number of carbonyl (C=O) groups is 3. The Balaban J connectivity index is 1.68. The molecule has 0 aromatic heterocycles. The van der Waals surface area contributed by atoms with Gasteiger partial charge in [0.1, 0.15) is 18.7 Å². The van der Waals surface area contributed by atoms with E-state index in [0.717, 1.165) is 22.3 Å². The van der Waals surface area contributed by atoms with Gasteiger partial charge in [0.05, 0.1) is 0 Å². The molecule has 0 fully saturated rings. The van der Waals surface area contributed by atoms with Gasteiger partial charge in [0.15, 0.2) is 0 Å². The van der Waals surface area contributed by atoms with E-state index in [9.17, 15) is 19.5 Å². The second kappa shape index (κ2) is 11.0. The van der Waals surface area contributed by atoms with E-state index in [0.29, 0.717) is 12.2 Å². The highest BCUT2D eigenvalue weighted by Crippen LogP contribution is 2.44. The summed E-state index contributed by atoms with van der Waals surface area (Å²) in [6.45, 7) is 5.54. The third kappa shape index (κ3) is 5.91. The van der Waals surface area contributed by atoms with E-state index >= 15 is 0 Å². The Morgan fingerprint density at radius 2 is 1.56 bits per heavy atom. The predicted molar refractivity (Wildman–Crippen MR) is 134 cm³/mol. The number of ether oxygens (including phenoxy) is 1. The van der Waals surface area contributed by atoms with E-state index in [1.807, 2.05) is 42.7 Å². The highest BCUT2D eigenvalue weighted by Gasteiger charge is 2.36. The van der Waals surface area contributed by atoms with Crippen molar-refractivity contribution >= 4 is 29.7 Å². The minimum atomic E-state index is -1.10. The Bertz CT molecular complexity index is 1000. The molecule has 8 heteroatoms. The van der Waals surface area contributed by atoms with E-state index in [2.05, 4.69) is 22.8 Å². The predicted octanol–water partition coefficient (Wildman–Crippen LogP) is 4.26. The second-order valence-electron chi connectivity index (χ2n) is 9.45. The highest BCUT2D eigenvalue weighted by atomic mass is 32.2. The SMILES string of the molecule is CSCC[C@H](NC(=O)[C@H](NC(=O)OCC1c2ccccc2-c2ccccc21)C(C)(C)C)C(=O)O. The van der Waals surface area contributed by atoms with E-state index in [1.54, 1.807) is 20.8 Å². The monoisotopic (exact) mass is 484 g/mol. The molecule has 2 atom stereocenters. The van der Waals surface area contributed by atoms with Crippen LogP contribution >= 0.6 is 11.8 Å². The van der Waals surface area contributed by atoms with Crippen molar-refractivity contribution in [2.75, 3.05) is 18.6 Å². The summed E-state index contributed by atoms with van der Waals surface area (Å²) < 4.78 is 5.58. The number of alkyl carbamates (subject to hydrolysis) is 1. The lowest BCUT2D eigenvalue weighted by Crippen LogP contribution is -2.56. The lowest BCUT2D eigenvalue weighted by molar-refractivity contribution is -0.142. The molecule has 2 aromatic rings. The molecule has 0 heterocycles. The Hall–Kier alpha value is -3.00. The molecule has 7 nitrogen and oxygen atoms in total. The minimum absolute atomic E-state index is 0.0944. The maximum Gasteiger partial charge on any atom is 0.407 e. The van der Waals surface area contributed by atoms with Crippen LogP contribution in [0.25, 0.3) is 11.1 Å². The summed E-state index contributed by atoms with van der Waals surface area (Å²) in [7, 11) is 0. The Morgan fingerprint density at radius 3 is 2.06 bits per heavy atom. The number of amides is 2. The third-order valence-electron chi connectivity index (χ3n) is 5.96. The van der Waals surface area contributed by atoms with Gasteiger partial charge in [-0.3, -0.25) is 4.79 Å². The largest absolute Gasteiger partial charge is 0.480 e. The molecule has 1 aliphatic carbocycles. The zero-order chi connectivity index (χ0) is 24.9. The topological polar surface area (TPSA) is 105 Å². The van der Waals surface area contributed by atoms with Gasteiger partial charge in [-0.25, -0.2) is 9.59 Å². The fourth-order valence-corrected chi connectivity index (χ4v) is 4.65. The molecule has 0 spiro atoms. The van der Waals surface area contributed by atoms with Crippen LogP contribution in [0.3, 0.4) is 0 Å². The number of benzene rings is 2. The molecule has 182 valence electrons. The van der Waals surface area contributed by atoms with Gasteiger partial charge >= 0.3 is 12.1 Å². The number of hydrogen-bond donors (Lipinski definition) is 3. The summed E-state index contributed by atoms with van der Waals surface area (Å²) in [6, 6.07) is 14.1. The zero-order valence-electron chi connectivity index (χ0n) is 20.0. The molecule has 2 amide bonds. The molecule has 0 saturated carbocycles. The molecular formula is C26H32N2O5S. The minimum Gasteiger partial charge on any atom is -0.480 e. The number of carbonyl (C=O) groups excluding carboxylic acids is 2. The van der Waals surface area contributed by atoms with Crippen LogP contribution in [-0.4, -0.2) is 53.8 Å².